The SMILES string of the molecule is Cc1ccc(-c2oc3cc(C)c(C)cc3c(=O)c2OCC(=O)NCc2ccccc2)cc1. The maximum Gasteiger partial charge on any atom is 0.258 e. The first-order valence-corrected chi connectivity index (χ1v) is 10.5. The first-order valence-electron chi connectivity index (χ1n) is 10.5. The van der Waals surface area contributed by atoms with Crippen LogP contribution in [0, 0.1) is 20.8 Å². The van der Waals surface area contributed by atoms with Gasteiger partial charge >= 0.3 is 0 Å². The van der Waals surface area contributed by atoms with Crippen LogP contribution in [-0.4, -0.2) is 12.5 Å². The van der Waals surface area contributed by atoms with Crippen LogP contribution in [0.1, 0.15) is 22.3 Å². The molecule has 4 aromatic rings. The van der Waals surface area contributed by atoms with Gasteiger partial charge in [-0.2, -0.15) is 0 Å². The van der Waals surface area contributed by atoms with E-state index in [4.69, 9.17) is 9.15 Å². The second-order valence-corrected chi connectivity index (χ2v) is 7.94. The Bertz CT molecular complexity index is 1320. The highest BCUT2D eigenvalue weighted by molar-refractivity contribution is 5.84. The normalized spacial score (nSPS) is 10.8. The van der Waals surface area contributed by atoms with Gasteiger partial charge in [-0.3, -0.25) is 9.59 Å². The van der Waals surface area contributed by atoms with Crippen molar-refractivity contribution in [3.8, 4) is 17.1 Å². The van der Waals surface area contributed by atoms with Gasteiger partial charge < -0.3 is 14.5 Å². The Labute approximate surface area is 186 Å². The van der Waals surface area contributed by atoms with Crippen molar-refractivity contribution < 1.29 is 13.9 Å². The van der Waals surface area contributed by atoms with Crippen LogP contribution >= 0.6 is 0 Å². The molecule has 1 heterocycles. The zero-order chi connectivity index (χ0) is 22.7. The lowest BCUT2D eigenvalue weighted by Crippen LogP contribution is -2.29. The van der Waals surface area contributed by atoms with Crippen molar-refractivity contribution in [1.29, 1.82) is 0 Å². The van der Waals surface area contributed by atoms with Crippen molar-refractivity contribution in [1.82, 2.24) is 5.32 Å². The highest BCUT2D eigenvalue weighted by atomic mass is 16.5. The van der Waals surface area contributed by atoms with E-state index < -0.39 is 0 Å². The molecular formula is C27H25NO4. The molecule has 0 unspecified atom stereocenters. The lowest BCUT2D eigenvalue weighted by molar-refractivity contribution is -0.123. The van der Waals surface area contributed by atoms with Crippen LogP contribution in [-0.2, 0) is 11.3 Å². The molecule has 0 radical (unpaired) electrons. The minimum Gasteiger partial charge on any atom is -0.476 e. The summed E-state index contributed by atoms with van der Waals surface area (Å²) in [7, 11) is 0. The summed E-state index contributed by atoms with van der Waals surface area (Å²) >= 11 is 0. The Hall–Kier alpha value is -3.86. The molecule has 1 N–H and O–H groups in total. The highest BCUT2D eigenvalue weighted by Gasteiger charge is 2.19. The van der Waals surface area contributed by atoms with Crippen molar-refractivity contribution in [2.45, 2.75) is 27.3 Å². The topological polar surface area (TPSA) is 68.5 Å². The average molecular weight is 428 g/mol. The number of nitrogens with one attached hydrogen (secondary N) is 1. The molecule has 0 fully saturated rings. The number of carbonyl (C=O) groups is 1. The number of benzene rings is 3. The van der Waals surface area contributed by atoms with Crippen LogP contribution in [0.3, 0.4) is 0 Å². The molecule has 0 aliphatic carbocycles. The summed E-state index contributed by atoms with van der Waals surface area (Å²) in [6, 6.07) is 20.9. The lowest BCUT2D eigenvalue weighted by Gasteiger charge is -2.13. The van der Waals surface area contributed by atoms with Gasteiger partial charge in [0.15, 0.2) is 12.4 Å². The Balaban J connectivity index is 1.66. The Morgan fingerprint density at radius 1 is 0.938 bits per heavy atom. The van der Waals surface area contributed by atoms with Gasteiger partial charge in [0.25, 0.3) is 5.91 Å². The van der Waals surface area contributed by atoms with E-state index in [-0.39, 0.29) is 23.7 Å². The number of ether oxygens (including phenoxy) is 1. The molecule has 32 heavy (non-hydrogen) atoms. The number of fused-ring (bicyclic) bond motifs is 1. The summed E-state index contributed by atoms with van der Waals surface area (Å²) in [5.74, 6) is 0.0457. The van der Waals surface area contributed by atoms with Gasteiger partial charge in [-0.05, 0) is 49.6 Å². The molecule has 1 amide bonds. The van der Waals surface area contributed by atoms with E-state index in [1.165, 1.54) is 0 Å². The number of carbonyl (C=O) groups excluding carboxylic acids is 1. The average Bonchev–Trinajstić information content (AvgIpc) is 2.79. The molecule has 0 atom stereocenters. The van der Waals surface area contributed by atoms with Crippen molar-refractivity contribution >= 4 is 16.9 Å². The van der Waals surface area contributed by atoms with Gasteiger partial charge in [-0.25, -0.2) is 0 Å². The predicted molar refractivity (Wildman–Crippen MR) is 126 cm³/mol. The van der Waals surface area contributed by atoms with Crippen molar-refractivity contribution in [2.24, 2.45) is 0 Å². The zero-order valence-corrected chi connectivity index (χ0v) is 18.4. The summed E-state index contributed by atoms with van der Waals surface area (Å²) in [5, 5.41) is 3.25. The van der Waals surface area contributed by atoms with E-state index in [9.17, 15) is 9.59 Å². The van der Waals surface area contributed by atoms with Gasteiger partial charge in [0.2, 0.25) is 11.2 Å². The third-order valence-corrected chi connectivity index (χ3v) is 5.46. The molecule has 1 aromatic heterocycles. The molecule has 0 bridgehead atoms. The molecule has 0 saturated carbocycles. The molecule has 5 heteroatoms. The molecule has 0 aliphatic heterocycles. The van der Waals surface area contributed by atoms with Gasteiger partial charge in [0.05, 0.1) is 5.39 Å². The van der Waals surface area contributed by atoms with Gasteiger partial charge in [0.1, 0.15) is 5.58 Å². The quantitative estimate of drug-likeness (QED) is 0.466. The Kier molecular flexibility index (Phi) is 6.08. The predicted octanol–water partition coefficient (Wildman–Crippen LogP) is 5.08. The number of amides is 1. The summed E-state index contributed by atoms with van der Waals surface area (Å²) in [6.45, 7) is 6.01. The van der Waals surface area contributed by atoms with Gasteiger partial charge in [-0.15, -0.1) is 0 Å². The number of hydrogen-bond acceptors (Lipinski definition) is 4. The summed E-state index contributed by atoms with van der Waals surface area (Å²) in [6.07, 6.45) is 0. The monoisotopic (exact) mass is 427 g/mol. The van der Waals surface area contributed by atoms with Crippen LogP contribution in [0.25, 0.3) is 22.3 Å². The first kappa shape index (κ1) is 21.4. The molecule has 0 saturated heterocycles. The van der Waals surface area contributed by atoms with Crippen LogP contribution < -0.4 is 15.5 Å². The third-order valence-electron chi connectivity index (χ3n) is 5.46. The van der Waals surface area contributed by atoms with Crippen LogP contribution in [0.4, 0.5) is 0 Å². The van der Waals surface area contributed by atoms with Crippen molar-refractivity contribution in [3.05, 3.63) is 99.2 Å². The fraction of sp³-hybridized carbons (Fsp3) is 0.185. The fourth-order valence-electron chi connectivity index (χ4n) is 3.44. The smallest absolute Gasteiger partial charge is 0.258 e. The minimum absolute atomic E-state index is 0.0412. The maximum absolute atomic E-state index is 13.3. The standard InChI is InChI=1S/C27H25NO4/c1-17-9-11-21(12-10-17)26-27(25(30)22-13-18(2)19(3)14-23(22)32-26)31-16-24(29)28-15-20-7-5-4-6-8-20/h4-14H,15-16H2,1-3H3,(H,28,29). The van der Waals surface area contributed by atoms with E-state index in [1.54, 1.807) is 6.07 Å². The third kappa shape index (κ3) is 4.57. The van der Waals surface area contributed by atoms with E-state index in [2.05, 4.69) is 5.32 Å². The van der Waals surface area contributed by atoms with E-state index in [1.807, 2.05) is 81.4 Å². The first-order chi connectivity index (χ1) is 15.4. The maximum atomic E-state index is 13.3. The van der Waals surface area contributed by atoms with Crippen LogP contribution in [0.15, 0.2) is 75.9 Å². The molecule has 5 nitrogen and oxygen atoms in total. The fourth-order valence-corrected chi connectivity index (χ4v) is 3.44. The summed E-state index contributed by atoms with van der Waals surface area (Å²) < 4.78 is 11.9. The van der Waals surface area contributed by atoms with Crippen LogP contribution in [0.2, 0.25) is 0 Å². The highest BCUT2D eigenvalue weighted by Crippen LogP contribution is 2.32. The van der Waals surface area contributed by atoms with E-state index >= 15 is 0 Å². The van der Waals surface area contributed by atoms with Crippen molar-refractivity contribution in [3.63, 3.8) is 0 Å². The number of hydrogen-bond donors (Lipinski definition) is 1. The Morgan fingerprint density at radius 3 is 2.34 bits per heavy atom. The molecule has 0 aliphatic rings. The second kappa shape index (κ2) is 9.10. The number of aryl methyl sites for hydroxylation is 3. The number of rotatable bonds is 6. The second-order valence-electron chi connectivity index (χ2n) is 7.94. The van der Waals surface area contributed by atoms with Crippen molar-refractivity contribution in [2.75, 3.05) is 6.61 Å². The summed E-state index contributed by atoms with van der Waals surface area (Å²) in [5.41, 5.74) is 5.01. The lowest BCUT2D eigenvalue weighted by atomic mass is 10.0. The molecule has 0 spiro atoms. The Morgan fingerprint density at radius 2 is 1.62 bits per heavy atom. The van der Waals surface area contributed by atoms with Gasteiger partial charge in [-0.1, -0.05) is 60.2 Å². The molecule has 4 rings (SSSR count). The molecule has 3 aromatic carbocycles. The minimum atomic E-state index is -0.316. The largest absolute Gasteiger partial charge is 0.476 e. The summed E-state index contributed by atoms with van der Waals surface area (Å²) in [4.78, 5) is 25.7. The molecule has 162 valence electrons. The molecular weight excluding hydrogens is 402 g/mol. The van der Waals surface area contributed by atoms with E-state index in [0.717, 1.165) is 22.3 Å². The van der Waals surface area contributed by atoms with Crippen LogP contribution in [0.5, 0.6) is 5.75 Å². The zero-order valence-electron chi connectivity index (χ0n) is 18.4. The van der Waals surface area contributed by atoms with E-state index in [0.29, 0.717) is 28.8 Å². The van der Waals surface area contributed by atoms with Gasteiger partial charge in [0, 0.05) is 12.1 Å².